The summed E-state index contributed by atoms with van der Waals surface area (Å²) in [6, 6.07) is 13.7. The largest absolute Gasteiger partial charge is 0.493 e. The Balaban J connectivity index is 1.73. The number of esters is 2. The van der Waals surface area contributed by atoms with E-state index in [-0.39, 0.29) is 41.2 Å². The fraction of sp³-hybridized carbons (Fsp3) is 0.333. The number of ether oxygens (including phenoxy) is 3. The summed E-state index contributed by atoms with van der Waals surface area (Å²) < 4.78 is 43.7. The molecule has 0 fully saturated rings. The highest BCUT2D eigenvalue weighted by molar-refractivity contribution is 5.99. The second kappa shape index (κ2) is 13.6. The Morgan fingerprint density at radius 2 is 1.51 bits per heavy atom. The van der Waals surface area contributed by atoms with E-state index in [1.54, 1.807) is 38.1 Å². The maximum atomic E-state index is 13.8. The SMILES string of the molecule is COc1ccnc(C(=O)C[C@@H](C)C(=O)OC(C)C(Cc2cccc(F)c2)Cc2cccc(F)c2)c1OC(C)=O. The molecule has 3 rings (SSSR count). The number of halogens is 2. The van der Waals surface area contributed by atoms with E-state index in [4.69, 9.17) is 14.2 Å². The van der Waals surface area contributed by atoms with Gasteiger partial charge in [0.25, 0.3) is 0 Å². The molecular formula is C30H31F2NO6. The minimum Gasteiger partial charge on any atom is -0.493 e. The Hall–Kier alpha value is -4.14. The summed E-state index contributed by atoms with van der Waals surface area (Å²) >= 11 is 0. The van der Waals surface area contributed by atoms with Crippen LogP contribution in [0.2, 0.25) is 0 Å². The van der Waals surface area contributed by atoms with Crippen molar-refractivity contribution in [3.8, 4) is 11.5 Å². The van der Waals surface area contributed by atoms with E-state index in [1.165, 1.54) is 50.6 Å². The Labute approximate surface area is 226 Å². The summed E-state index contributed by atoms with van der Waals surface area (Å²) in [5.74, 6) is -3.66. The fourth-order valence-corrected chi connectivity index (χ4v) is 4.22. The van der Waals surface area contributed by atoms with Crippen LogP contribution in [-0.2, 0) is 27.2 Å². The summed E-state index contributed by atoms with van der Waals surface area (Å²) in [7, 11) is 1.36. The highest BCUT2D eigenvalue weighted by atomic mass is 19.1. The predicted octanol–water partition coefficient (Wildman–Crippen LogP) is 5.54. The maximum absolute atomic E-state index is 13.8. The number of hydrogen-bond acceptors (Lipinski definition) is 7. The van der Waals surface area contributed by atoms with Gasteiger partial charge in [0.1, 0.15) is 17.7 Å². The molecule has 0 saturated carbocycles. The Morgan fingerprint density at radius 1 is 0.923 bits per heavy atom. The molecule has 3 aromatic rings. The van der Waals surface area contributed by atoms with Crippen LogP contribution in [0.5, 0.6) is 11.5 Å². The number of ketones is 1. The van der Waals surface area contributed by atoms with Crippen LogP contribution in [0.4, 0.5) is 8.78 Å². The van der Waals surface area contributed by atoms with E-state index in [0.29, 0.717) is 24.0 Å². The lowest BCUT2D eigenvalue weighted by Gasteiger charge is -2.26. The molecule has 0 aliphatic rings. The Morgan fingerprint density at radius 3 is 2.03 bits per heavy atom. The number of Topliss-reactive ketones (excluding diaryl/α,β-unsaturated/α-hetero) is 1. The van der Waals surface area contributed by atoms with Crippen molar-refractivity contribution in [2.45, 2.75) is 46.1 Å². The highest BCUT2D eigenvalue weighted by Gasteiger charge is 2.28. The molecule has 0 aliphatic heterocycles. The van der Waals surface area contributed by atoms with Crippen molar-refractivity contribution in [1.82, 2.24) is 4.98 Å². The molecule has 0 aliphatic carbocycles. The molecule has 1 heterocycles. The molecule has 1 aromatic heterocycles. The van der Waals surface area contributed by atoms with Crippen molar-refractivity contribution in [1.29, 1.82) is 0 Å². The van der Waals surface area contributed by atoms with Crippen molar-refractivity contribution in [3.05, 3.63) is 89.2 Å². The number of carbonyl (C=O) groups excluding carboxylic acids is 3. The standard InChI is InChI=1S/C30H31F2NO6/c1-18(13-26(35)28-29(39-20(3)34)27(37-4)11-12-33-28)30(36)38-19(2)23(14-21-7-5-9-24(31)16-21)15-22-8-6-10-25(32)17-22/h5-12,16-19,23H,13-15H2,1-4H3/t18-,19?/m1/s1. The molecule has 0 spiro atoms. The minimum absolute atomic E-state index is 0.114. The van der Waals surface area contributed by atoms with Gasteiger partial charge in [0.2, 0.25) is 5.75 Å². The van der Waals surface area contributed by atoms with Crippen LogP contribution >= 0.6 is 0 Å². The number of aromatic nitrogens is 1. The average Bonchev–Trinajstić information content (AvgIpc) is 2.88. The van der Waals surface area contributed by atoms with Gasteiger partial charge in [-0.1, -0.05) is 31.2 Å². The fourth-order valence-electron chi connectivity index (χ4n) is 4.22. The van der Waals surface area contributed by atoms with E-state index in [9.17, 15) is 23.2 Å². The van der Waals surface area contributed by atoms with E-state index in [2.05, 4.69) is 4.98 Å². The molecule has 0 bridgehead atoms. The predicted molar refractivity (Wildman–Crippen MR) is 139 cm³/mol. The molecule has 39 heavy (non-hydrogen) atoms. The van der Waals surface area contributed by atoms with Crippen molar-refractivity contribution < 1.29 is 37.4 Å². The third-order valence-electron chi connectivity index (χ3n) is 6.23. The molecule has 1 unspecified atom stereocenters. The van der Waals surface area contributed by atoms with Gasteiger partial charge in [-0.05, 0) is 55.2 Å². The zero-order chi connectivity index (χ0) is 28.5. The smallest absolute Gasteiger partial charge is 0.309 e. The van der Waals surface area contributed by atoms with E-state index >= 15 is 0 Å². The van der Waals surface area contributed by atoms with E-state index in [1.807, 2.05) is 0 Å². The number of rotatable bonds is 12. The van der Waals surface area contributed by atoms with Gasteiger partial charge in [-0.15, -0.1) is 0 Å². The Kier molecular flexibility index (Phi) is 10.3. The Bertz CT molecular complexity index is 1280. The third-order valence-corrected chi connectivity index (χ3v) is 6.23. The number of carbonyl (C=O) groups is 3. The lowest BCUT2D eigenvalue weighted by atomic mass is 9.88. The van der Waals surface area contributed by atoms with Gasteiger partial charge in [-0.3, -0.25) is 14.4 Å². The maximum Gasteiger partial charge on any atom is 0.309 e. The summed E-state index contributed by atoms with van der Waals surface area (Å²) in [5.41, 5.74) is 1.29. The van der Waals surface area contributed by atoms with Gasteiger partial charge in [0.15, 0.2) is 17.2 Å². The van der Waals surface area contributed by atoms with E-state index in [0.717, 1.165) is 0 Å². The number of pyridine rings is 1. The van der Waals surface area contributed by atoms with Crippen LogP contribution in [-0.4, -0.2) is 35.9 Å². The van der Waals surface area contributed by atoms with Gasteiger partial charge < -0.3 is 14.2 Å². The second-order valence-electron chi connectivity index (χ2n) is 9.38. The van der Waals surface area contributed by atoms with Crippen LogP contribution in [0.25, 0.3) is 0 Å². The summed E-state index contributed by atoms with van der Waals surface area (Å²) in [5, 5.41) is 0. The molecule has 206 valence electrons. The number of benzene rings is 2. The lowest BCUT2D eigenvalue weighted by Crippen LogP contribution is -2.30. The molecule has 0 amide bonds. The first-order valence-corrected chi connectivity index (χ1v) is 12.5. The average molecular weight is 540 g/mol. The van der Waals surface area contributed by atoms with Gasteiger partial charge in [0.05, 0.1) is 13.0 Å². The van der Waals surface area contributed by atoms with Crippen LogP contribution in [0.15, 0.2) is 60.8 Å². The van der Waals surface area contributed by atoms with Crippen molar-refractivity contribution in [2.75, 3.05) is 7.11 Å². The summed E-state index contributed by atoms with van der Waals surface area (Å²) in [4.78, 5) is 41.6. The third kappa shape index (κ3) is 8.43. The second-order valence-corrected chi connectivity index (χ2v) is 9.38. The molecule has 0 radical (unpaired) electrons. The number of hydrogen-bond donors (Lipinski definition) is 0. The first kappa shape index (κ1) is 29.4. The van der Waals surface area contributed by atoms with Crippen LogP contribution < -0.4 is 9.47 Å². The normalized spacial score (nSPS) is 12.5. The zero-order valence-corrected chi connectivity index (χ0v) is 22.3. The topological polar surface area (TPSA) is 91.8 Å². The number of nitrogens with zero attached hydrogens (tertiary/aromatic N) is 1. The molecule has 0 N–H and O–H groups in total. The molecule has 9 heteroatoms. The van der Waals surface area contributed by atoms with Gasteiger partial charge in [0, 0.05) is 31.5 Å². The van der Waals surface area contributed by atoms with Gasteiger partial charge in [-0.25, -0.2) is 13.8 Å². The quantitative estimate of drug-likeness (QED) is 0.221. The van der Waals surface area contributed by atoms with Crippen molar-refractivity contribution in [2.24, 2.45) is 11.8 Å². The molecule has 2 atom stereocenters. The van der Waals surface area contributed by atoms with Crippen LogP contribution in [0.1, 0.15) is 48.8 Å². The minimum atomic E-state index is -0.845. The first-order chi connectivity index (χ1) is 18.6. The zero-order valence-electron chi connectivity index (χ0n) is 22.3. The molecule has 2 aromatic carbocycles. The van der Waals surface area contributed by atoms with Gasteiger partial charge in [-0.2, -0.15) is 0 Å². The van der Waals surface area contributed by atoms with Crippen LogP contribution in [0, 0.1) is 23.5 Å². The highest BCUT2D eigenvalue weighted by Crippen LogP contribution is 2.31. The van der Waals surface area contributed by atoms with Crippen molar-refractivity contribution in [3.63, 3.8) is 0 Å². The molecule has 7 nitrogen and oxygen atoms in total. The number of methoxy groups -OCH3 is 1. The van der Waals surface area contributed by atoms with Crippen molar-refractivity contribution >= 4 is 17.7 Å². The molecule has 0 saturated heterocycles. The summed E-state index contributed by atoms with van der Waals surface area (Å²) in [6.45, 7) is 4.46. The first-order valence-electron chi connectivity index (χ1n) is 12.5. The summed E-state index contributed by atoms with van der Waals surface area (Å²) in [6.07, 6.45) is 1.23. The van der Waals surface area contributed by atoms with E-state index < -0.39 is 29.7 Å². The van der Waals surface area contributed by atoms with Gasteiger partial charge >= 0.3 is 11.9 Å². The molecular weight excluding hydrogens is 508 g/mol. The monoisotopic (exact) mass is 539 g/mol. The lowest BCUT2D eigenvalue weighted by molar-refractivity contribution is -0.155. The van der Waals surface area contributed by atoms with Crippen LogP contribution in [0.3, 0.4) is 0 Å².